The van der Waals surface area contributed by atoms with Crippen molar-refractivity contribution in [3.63, 3.8) is 0 Å². The van der Waals surface area contributed by atoms with Crippen molar-refractivity contribution in [1.29, 1.82) is 5.26 Å². The van der Waals surface area contributed by atoms with Crippen LogP contribution < -0.4 is 4.74 Å². The number of nitriles is 1. The van der Waals surface area contributed by atoms with Crippen LogP contribution in [0.1, 0.15) is 5.56 Å². The van der Waals surface area contributed by atoms with Crippen molar-refractivity contribution in [1.82, 2.24) is 4.98 Å². The second-order valence-electron chi connectivity index (χ2n) is 3.63. The first-order chi connectivity index (χ1) is 9.40. The van der Waals surface area contributed by atoms with Gasteiger partial charge < -0.3 is 4.74 Å². The summed E-state index contributed by atoms with van der Waals surface area (Å²) in [6, 6.07) is 7.88. The minimum atomic E-state index is -3.85. The summed E-state index contributed by atoms with van der Waals surface area (Å²) >= 11 is 0. The van der Waals surface area contributed by atoms with Gasteiger partial charge in [0, 0.05) is 22.8 Å². The van der Waals surface area contributed by atoms with Crippen molar-refractivity contribution >= 4 is 19.7 Å². The van der Waals surface area contributed by atoms with E-state index in [4.69, 9.17) is 20.7 Å². The Balaban J connectivity index is 2.23. The average Bonchev–Trinajstić information content (AvgIpc) is 2.38. The topological polar surface area (TPSA) is 80.0 Å². The number of hydrogen-bond acceptors (Lipinski definition) is 5. The number of rotatable bonds is 3. The standard InChI is InChI=1S/C12H6ClFN2O3S/c13-20(17,18)10-3-4-12(16-7-10)19-9-2-1-8(6-15)11(14)5-9/h1-5,7H. The quantitative estimate of drug-likeness (QED) is 0.814. The van der Waals surface area contributed by atoms with Crippen molar-refractivity contribution in [3.05, 3.63) is 47.9 Å². The Labute approximate surface area is 118 Å². The van der Waals surface area contributed by atoms with E-state index in [0.29, 0.717) is 0 Å². The number of aromatic nitrogens is 1. The third-order valence-electron chi connectivity index (χ3n) is 2.27. The highest BCUT2D eigenvalue weighted by atomic mass is 35.7. The molecule has 0 aliphatic carbocycles. The molecule has 1 aromatic heterocycles. The van der Waals surface area contributed by atoms with Gasteiger partial charge in [-0.3, -0.25) is 0 Å². The van der Waals surface area contributed by atoms with Crippen LogP contribution in [0.15, 0.2) is 41.4 Å². The Morgan fingerprint density at radius 1 is 1.30 bits per heavy atom. The third kappa shape index (κ3) is 3.23. The molecule has 2 aromatic rings. The molecule has 2 rings (SSSR count). The fourth-order valence-corrected chi connectivity index (χ4v) is 2.03. The van der Waals surface area contributed by atoms with E-state index in [1.165, 1.54) is 24.3 Å². The normalized spacial score (nSPS) is 10.8. The predicted molar refractivity (Wildman–Crippen MR) is 68.5 cm³/mol. The molecule has 0 amide bonds. The van der Waals surface area contributed by atoms with Crippen LogP contribution in [-0.2, 0) is 9.05 Å². The van der Waals surface area contributed by atoms with E-state index < -0.39 is 14.9 Å². The lowest BCUT2D eigenvalue weighted by Crippen LogP contribution is -1.94. The molecule has 0 aliphatic heterocycles. The minimum Gasteiger partial charge on any atom is -0.439 e. The first kappa shape index (κ1) is 14.2. The molecule has 0 bridgehead atoms. The van der Waals surface area contributed by atoms with Gasteiger partial charge in [0.1, 0.15) is 22.5 Å². The van der Waals surface area contributed by atoms with Crippen molar-refractivity contribution in [2.45, 2.75) is 4.90 Å². The van der Waals surface area contributed by atoms with Crippen LogP contribution in [0.3, 0.4) is 0 Å². The third-order valence-corrected chi connectivity index (χ3v) is 3.61. The Kier molecular flexibility index (Phi) is 3.88. The minimum absolute atomic E-state index is 0.0678. The maximum absolute atomic E-state index is 13.4. The van der Waals surface area contributed by atoms with E-state index >= 15 is 0 Å². The summed E-state index contributed by atoms with van der Waals surface area (Å²) in [5.41, 5.74) is -0.103. The number of halogens is 2. The molecule has 0 saturated carbocycles. The second-order valence-corrected chi connectivity index (χ2v) is 6.19. The van der Waals surface area contributed by atoms with Gasteiger partial charge in [-0.25, -0.2) is 17.8 Å². The largest absolute Gasteiger partial charge is 0.439 e. The van der Waals surface area contributed by atoms with Gasteiger partial charge in [-0.1, -0.05) is 0 Å². The highest BCUT2D eigenvalue weighted by Gasteiger charge is 2.11. The summed E-state index contributed by atoms with van der Waals surface area (Å²) in [6.45, 7) is 0. The monoisotopic (exact) mass is 312 g/mol. The smallest absolute Gasteiger partial charge is 0.262 e. The molecule has 0 fully saturated rings. The highest BCUT2D eigenvalue weighted by Crippen LogP contribution is 2.23. The predicted octanol–water partition coefficient (Wildman–Crippen LogP) is 2.81. The maximum Gasteiger partial charge on any atom is 0.262 e. The SMILES string of the molecule is N#Cc1ccc(Oc2ccc(S(=O)(=O)Cl)cn2)cc1F. The molecular formula is C12H6ClFN2O3S. The molecule has 0 radical (unpaired) electrons. The second kappa shape index (κ2) is 5.45. The fourth-order valence-electron chi connectivity index (χ4n) is 1.34. The Hall–Kier alpha value is -2.17. The van der Waals surface area contributed by atoms with E-state index in [0.717, 1.165) is 12.3 Å². The van der Waals surface area contributed by atoms with Crippen molar-refractivity contribution in [2.24, 2.45) is 0 Å². The molecule has 8 heteroatoms. The van der Waals surface area contributed by atoms with Crippen molar-refractivity contribution in [2.75, 3.05) is 0 Å². The van der Waals surface area contributed by atoms with E-state index in [-0.39, 0.29) is 22.1 Å². The van der Waals surface area contributed by atoms with Gasteiger partial charge in [0.25, 0.3) is 9.05 Å². The zero-order valence-corrected chi connectivity index (χ0v) is 11.3. The lowest BCUT2D eigenvalue weighted by molar-refractivity contribution is 0.457. The lowest BCUT2D eigenvalue weighted by atomic mass is 10.2. The van der Waals surface area contributed by atoms with Crippen molar-refractivity contribution < 1.29 is 17.5 Å². The summed E-state index contributed by atoms with van der Waals surface area (Å²) < 4.78 is 40.6. The van der Waals surface area contributed by atoms with E-state index in [2.05, 4.69) is 4.98 Å². The first-order valence-electron chi connectivity index (χ1n) is 5.18. The summed E-state index contributed by atoms with van der Waals surface area (Å²) in [6.07, 6.45) is 1.03. The molecule has 5 nitrogen and oxygen atoms in total. The Bertz CT molecular complexity index is 785. The molecule has 1 heterocycles. The van der Waals surface area contributed by atoms with Crippen LogP contribution in [0.5, 0.6) is 11.6 Å². The summed E-state index contributed by atoms with van der Waals surface area (Å²) in [5, 5.41) is 8.59. The summed E-state index contributed by atoms with van der Waals surface area (Å²) in [7, 11) is 1.29. The molecule has 0 spiro atoms. The molecule has 0 saturated heterocycles. The van der Waals surface area contributed by atoms with Crippen LogP contribution in [0.4, 0.5) is 4.39 Å². The Morgan fingerprint density at radius 2 is 2.05 bits per heavy atom. The van der Waals surface area contributed by atoms with Gasteiger partial charge >= 0.3 is 0 Å². The first-order valence-corrected chi connectivity index (χ1v) is 7.49. The molecule has 1 aromatic carbocycles. The number of hydrogen-bond donors (Lipinski definition) is 0. The van der Waals surface area contributed by atoms with E-state index in [9.17, 15) is 12.8 Å². The maximum atomic E-state index is 13.4. The van der Waals surface area contributed by atoms with Gasteiger partial charge in [0.05, 0.1) is 11.8 Å². The molecule has 20 heavy (non-hydrogen) atoms. The fraction of sp³-hybridized carbons (Fsp3) is 0. The number of pyridine rings is 1. The van der Waals surface area contributed by atoms with Gasteiger partial charge in [-0.15, -0.1) is 0 Å². The zero-order chi connectivity index (χ0) is 14.8. The molecule has 102 valence electrons. The van der Waals surface area contributed by atoms with Crippen LogP contribution >= 0.6 is 10.7 Å². The van der Waals surface area contributed by atoms with Gasteiger partial charge in [-0.05, 0) is 18.2 Å². The van der Waals surface area contributed by atoms with E-state index in [1.54, 1.807) is 6.07 Å². The van der Waals surface area contributed by atoms with Crippen LogP contribution in [-0.4, -0.2) is 13.4 Å². The number of ether oxygens (including phenoxy) is 1. The van der Waals surface area contributed by atoms with E-state index in [1.807, 2.05) is 0 Å². The summed E-state index contributed by atoms with van der Waals surface area (Å²) in [5.74, 6) is -0.515. The average molecular weight is 313 g/mol. The Morgan fingerprint density at radius 3 is 2.55 bits per heavy atom. The van der Waals surface area contributed by atoms with Crippen molar-refractivity contribution in [3.8, 4) is 17.7 Å². The lowest BCUT2D eigenvalue weighted by Gasteiger charge is -2.05. The van der Waals surface area contributed by atoms with Gasteiger partial charge in [0.2, 0.25) is 5.88 Å². The molecule has 0 aliphatic rings. The molecular weight excluding hydrogens is 307 g/mol. The summed E-state index contributed by atoms with van der Waals surface area (Å²) in [4.78, 5) is 3.57. The van der Waals surface area contributed by atoms with Gasteiger partial charge in [-0.2, -0.15) is 5.26 Å². The van der Waals surface area contributed by atoms with Crippen LogP contribution in [0.2, 0.25) is 0 Å². The molecule has 0 atom stereocenters. The highest BCUT2D eigenvalue weighted by molar-refractivity contribution is 8.13. The number of benzene rings is 1. The zero-order valence-electron chi connectivity index (χ0n) is 9.75. The molecule has 0 unspecified atom stereocenters. The number of nitrogens with zero attached hydrogens (tertiary/aromatic N) is 2. The molecule has 0 N–H and O–H groups in total. The van der Waals surface area contributed by atoms with Gasteiger partial charge in [0.15, 0.2) is 0 Å². The van der Waals surface area contributed by atoms with Crippen LogP contribution in [0, 0.1) is 17.1 Å². The van der Waals surface area contributed by atoms with Crippen LogP contribution in [0.25, 0.3) is 0 Å².